The van der Waals surface area contributed by atoms with Crippen LogP contribution < -0.4 is 0 Å². The zero-order valence-corrected chi connectivity index (χ0v) is 7.34. The van der Waals surface area contributed by atoms with Crippen molar-refractivity contribution in [3.63, 3.8) is 0 Å². The van der Waals surface area contributed by atoms with E-state index in [1.165, 1.54) is 0 Å². The molecule has 0 amide bonds. The van der Waals surface area contributed by atoms with Crippen LogP contribution >= 0.6 is 31.9 Å². The van der Waals surface area contributed by atoms with E-state index < -0.39 is 0 Å². The van der Waals surface area contributed by atoms with Crippen molar-refractivity contribution in [2.45, 2.75) is 22.9 Å². The molecule has 3 heteroatoms. The number of ether oxygens (including phenoxy) is 1. The number of halogens is 2. The highest BCUT2D eigenvalue weighted by atomic mass is 79.9. The number of alkyl halides is 2. The summed E-state index contributed by atoms with van der Waals surface area (Å²) in [5.41, 5.74) is 0. The van der Waals surface area contributed by atoms with Crippen molar-refractivity contribution in [3.05, 3.63) is 0 Å². The van der Waals surface area contributed by atoms with Crippen molar-refractivity contribution in [2.24, 2.45) is 0 Å². The van der Waals surface area contributed by atoms with Gasteiger partial charge >= 0.3 is 0 Å². The minimum absolute atomic E-state index is 0.125. The van der Waals surface area contributed by atoms with Crippen LogP contribution in [0.15, 0.2) is 0 Å². The van der Waals surface area contributed by atoms with E-state index in [2.05, 4.69) is 31.9 Å². The maximum atomic E-state index is 5.12. The van der Waals surface area contributed by atoms with Crippen molar-refractivity contribution in [3.8, 4) is 0 Å². The zero-order valence-electron chi connectivity index (χ0n) is 4.16. The molecule has 0 aromatic rings. The van der Waals surface area contributed by atoms with Crippen LogP contribution in [0.4, 0.5) is 0 Å². The van der Waals surface area contributed by atoms with E-state index in [0.29, 0.717) is 0 Å². The molecule has 0 radical (unpaired) electrons. The van der Waals surface area contributed by atoms with Crippen LogP contribution in [0.3, 0.4) is 0 Å². The lowest BCUT2D eigenvalue weighted by Gasteiger charge is -1.91. The standard InChI is InChI=1S/C4H6Br2O/c1-3(5)4(2,6)7-3/h1-2H3/t3-,4+. The fourth-order valence-corrected chi connectivity index (χ4v) is 1.20. The van der Waals surface area contributed by atoms with Gasteiger partial charge in [0.15, 0.2) is 9.02 Å². The third kappa shape index (κ3) is 0.864. The van der Waals surface area contributed by atoms with Crippen molar-refractivity contribution >= 4 is 31.9 Å². The highest BCUT2D eigenvalue weighted by Crippen LogP contribution is 2.56. The van der Waals surface area contributed by atoms with Crippen molar-refractivity contribution in [1.82, 2.24) is 0 Å². The molecule has 0 bridgehead atoms. The normalized spacial score (nSPS) is 60.0. The van der Waals surface area contributed by atoms with Crippen molar-refractivity contribution in [2.75, 3.05) is 0 Å². The van der Waals surface area contributed by atoms with Gasteiger partial charge in [0.2, 0.25) is 0 Å². The maximum absolute atomic E-state index is 5.12. The summed E-state index contributed by atoms with van der Waals surface area (Å²) < 4.78 is 4.88. The first-order valence-electron chi connectivity index (χ1n) is 2.04. The van der Waals surface area contributed by atoms with Gasteiger partial charge in [-0.05, 0) is 13.8 Å². The van der Waals surface area contributed by atoms with Crippen LogP contribution in [0.25, 0.3) is 0 Å². The van der Waals surface area contributed by atoms with Crippen LogP contribution in [-0.2, 0) is 4.74 Å². The minimum Gasteiger partial charge on any atom is -0.339 e. The quantitative estimate of drug-likeness (QED) is 0.459. The van der Waals surface area contributed by atoms with Crippen LogP contribution in [0, 0.1) is 0 Å². The Morgan fingerprint density at radius 3 is 1.29 bits per heavy atom. The molecule has 0 spiro atoms. The Hall–Kier alpha value is 0.920. The number of rotatable bonds is 0. The summed E-state index contributed by atoms with van der Waals surface area (Å²) in [6.07, 6.45) is 0. The van der Waals surface area contributed by atoms with Gasteiger partial charge in [0, 0.05) is 0 Å². The monoisotopic (exact) mass is 228 g/mol. The molecule has 1 heterocycles. The second-order valence-electron chi connectivity index (χ2n) is 1.94. The van der Waals surface area contributed by atoms with Crippen LogP contribution in [0.5, 0.6) is 0 Å². The molecule has 0 aromatic heterocycles. The molecule has 0 aromatic carbocycles. The predicted octanol–water partition coefficient (Wildman–Crippen LogP) is 2.24. The van der Waals surface area contributed by atoms with E-state index >= 15 is 0 Å². The first-order chi connectivity index (χ1) is 2.96. The second-order valence-corrected chi connectivity index (χ2v) is 4.96. The van der Waals surface area contributed by atoms with E-state index in [4.69, 9.17) is 4.74 Å². The molecule has 1 rings (SSSR count). The molecule has 1 aliphatic heterocycles. The summed E-state index contributed by atoms with van der Waals surface area (Å²) in [6.45, 7) is 3.95. The van der Waals surface area contributed by atoms with Gasteiger partial charge in [0.1, 0.15) is 0 Å². The molecule has 1 fully saturated rings. The van der Waals surface area contributed by atoms with Crippen molar-refractivity contribution < 1.29 is 4.74 Å². The van der Waals surface area contributed by atoms with Crippen molar-refractivity contribution in [1.29, 1.82) is 0 Å². The highest BCUT2D eigenvalue weighted by Gasteiger charge is 2.60. The van der Waals surface area contributed by atoms with Gasteiger partial charge in [-0.25, -0.2) is 0 Å². The van der Waals surface area contributed by atoms with Gasteiger partial charge in [-0.3, -0.25) is 0 Å². The zero-order chi connectivity index (χ0) is 5.71. The SMILES string of the molecule is C[C@]1(Br)O[C@@]1(C)Br. The van der Waals surface area contributed by atoms with E-state index in [1.54, 1.807) is 0 Å². The lowest BCUT2D eigenvalue weighted by Crippen LogP contribution is -2.02. The number of epoxide rings is 1. The predicted molar refractivity (Wildman–Crippen MR) is 35.7 cm³/mol. The Labute approximate surface area is 59.7 Å². The van der Waals surface area contributed by atoms with Crippen LogP contribution in [0.2, 0.25) is 0 Å². The number of hydrogen-bond donors (Lipinski definition) is 0. The number of hydrogen-bond acceptors (Lipinski definition) is 1. The van der Waals surface area contributed by atoms with E-state index in [0.717, 1.165) is 0 Å². The van der Waals surface area contributed by atoms with Gasteiger partial charge in [-0.15, -0.1) is 0 Å². The molecule has 1 saturated heterocycles. The Balaban J connectivity index is 2.59. The molecular formula is C4H6Br2O. The lowest BCUT2D eigenvalue weighted by molar-refractivity contribution is 0.366. The fraction of sp³-hybridized carbons (Fsp3) is 1.00. The minimum atomic E-state index is -0.125. The fourth-order valence-electron chi connectivity index (χ4n) is 0.334. The smallest absolute Gasteiger partial charge is 0.160 e. The Kier molecular flexibility index (Phi) is 1.08. The summed E-state index contributed by atoms with van der Waals surface area (Å²) >= 11 is 6.68. The molecular weight excluding hydrogens is 224 g/mol. The topological polar surface area (TPSA) is 12.5 Å². The van der Waals surface area contributed by atoms with E-state index in [9.17, 15) is 0 Å². The summed E-state index contributed by atoms with van der Waals surface area (Å²) in [4.78, 5) is 0. The summed E-state index contributed by atoms with van der Waals surface area (Å²) in [6, 6.07) is 0. The molecule has 7 heavy (non-hydrogen) atoms. The molecule has 0 N–H and O–H groups in total. The molecule has 1 nitrogen and oxygen atoms in total. The summed E-state index contributed by atoms with van der Waals surface area (Å²) in [5.74, 6) is 0. The molecule has 2 atom stereocenters. The van der Waals surface area contributed by atoms with Gasteiger partial charge < -0.3 is 4.74 Å². The third-order valence-electron chi connectivity index (χ3n) is 1.14. The molecule has 0 aliphatic carbocycles. The van der Waals surface area contributed by atoms with E-state index in [1.807, 2.05) is 13.8 Å². The summed E-state index contributed by atoms with van der Waals surface area (Å²) in [5, 5.41) is 0. The first-order valence-corrected chi connectivity index (χ1v) is 3.62. The highest BCUT2D eigenvalue weighted by molar-refractivity contribution is 9.13. The molecule has 42 valence electrons. The lowest BCUT2D eigenvalue weighted by atomic mass is 10.4. The average Bonchev–Trinajstić information content (AvgIpc) is 1.63. The van der Waals surface area contributed by atoms with Gasteiger partial charge in [0.25, 0.3) is 0 Å². The average molecular weight is 230 g/mol. The maximum Gasteiger partial charge on any atom is 0.160 e. The first kappa shape index (κ1) is 6.05. The largest absolute Gasteiger partial charge is 0.339 e. The Bertz CT molecular complexity index is 85.9. The second kappa shape index (κ2) is 1.25. The molecule has 1 aliphatic rings. The summed E-state index contributed by atoms with van der Waals surface area (Å²) in [7, 11) is 0. The van der Waals surface area contributed by atoms with Crippen LogP contribution in [0.1, 0.15) is 13.8 Å². The van der Waals surface area contributed by atoms with Gasteiger partial charge in [-0.2, -0.15) is 0 Å². The molecule has 0 unspecified atom stereocenters. The Morgan fingerprint density at radius 1 is 1.14 bits per heavy atom. The molecule has 0 saturated carbocycles. The van der Waals surface area contributed by atoms with Gasteiger partial charge in [0.05, 0.1) is 0 Å². The van der Waals surface area contributed by atoms with Gasteiger partial charge in [-0.1, -0.05) is 31.9 Å². The van der Waals surface area contributed by atoms with E-state index in [-0.39, 0.29) is 9.02 Å². The Morgan fingerprint density at radius 2 is 1.29 bits per heavy atom. The van der Waals surface area contributed by atoms with Crippen LogP contribution in [-0.4, -0.2) is 9.02 Å². The third-order valence-corrected chi connectivity index (χ3v) is 3.51.